The summed E-state index contributed by atoms with van der Waals surface area (Å²) in [5, 5.41) is 3.43. The van der Waals surface area contributed by atoms with E-state index < -0.39 is 11.5 Å². The molecule has 0 saturated carbocycles. The van der Waals surface area contributed by atoms with E-state index in [-0.39, 0.29) is 11.6 Å². The number of hydrogen-bond acceptors (Lipinski definition) is 4. The van der Waals surface area contributed by atoms with E-state index in [4.69, 9.17) is 9.15 Å². The molecule has 0 radical (unpaired) electrons. The molecule has 0 unspecified atom stereocenters. The summed E-state index contributed by atoms with van der Waals surface area (Å²) in [4.78, 5) is 23.9. The fourth-order valence-corrected chi connectivity index (χ4v) is 1.78. The third kappa shape index (κ3) is 2.82. The first-order valence-corrected chi connectivity index (χ1v) is 6.48. The summed E-state index contributed by atoms with van der Waals surface area (Å²) in [6.07, 6.45) is 0.794. The van der Waals surface area contributed by atoms with Crippen molar-refractivity contribution in [3.05, 3.63) is 40.2 Å². The summed E-state index contributed by atoms with van der Waals surface area (Å²) in [6.45, 7) is 3.84. The lowest BCUT2D eigenvalue weighted by Crippen LogP contribution is -2.34. The Morgan fingerprint density at radius 2 is 2.15 bits per heavy atom. The zero-order valence-electron chi connectivity index (χ0n) is 11.7. The highest BCUT2D eigenvalue weighted by Crippen LogP contribution is 2.20. The third-order valence-electron chi connectivity index (χ3n) is 3.18. The van der Waals surface area contributed by atoms with Gasteiger partial charge in [-0.1, -0.05) is 6.92 Å². The maximum atomic E-state index is 12.0. The van der Waals surface area contributed by atoms with Crippen LogP contribution in [0.1, 0.15) is 30.6 Å². The molecule has 2 aromatic rings. The minimum atomic E-state index is -0.647. The Bertz CT molecular complexity index is 690. The fraction of sp³-hybridized carbons (Fsp3) is 0.333. The van der Waals surface area contributed by atoms with Gasteiger partial charge in [0.2, 0.25) is 0 Å². The van der Waals surface area contributed by atoms with Crippen LogP contribution in [0.3, 0.4) is 0 Å². The molecule has 2 rings (SSSR count). The average molecular weight is 275 g/mol. The van der Waals surface area contributed by atoms with Crippen LogP contribution >= 0.6 is 0 Å². The van der Waals surface area contributed by atoms with Gasteiger partial charge in [-0.3, -0.25) is 4.79 Å². The SMILES string of the molecule is CC[C@@H](C)NC(=O)c1cc2ccc(OC)cc2oc1=O. The maximum absolute atomic E-state index is 12.0. The van der Waals surface area contributed by atoms with Crippen molar-refractivity contribution in [1.82, 2.24) is 5.32 Å². The van der Waals surface area contributed by atoms with Crippen molar-refractivity contribution in [2.75, 3.05) is 7.11 Å². The minimum Gasteiger partial charge on any atom is -0.497 e. The number of carbonyl (C=O) groups is 1. The van der Waals surface area contributed by atoms with Gasteiger partial charge >= 0.3 is 5.63 Å². The lowest BCUT2D eigenvalue weighted by atomic mass is 10.1. The van der Waals surface area contributed by atoms with E-state index >= 15 is 0 Å². The van der Waals surface area contributed by atoms with Crippen LogP contribution in [0.4, 0.5) is 0 Å². The van der Waals surface area contributed by atoms with Gasteiger partial charge in [0.1, 0.15) is 16.9 Å². The molecule has 1 atom stereocenters. The predicted molar refractivity (Wildman–Crippen MR) is 76.3 cm³/mol. The van der Waals surface area contributed by atoms with Gasteiger partial charge in [0.05, 0.1) is 7.11 Å². The van der Waals surface area contributed by atoms with Gasteiger partial charge in [-0.05, 0) is 31.5 Å². The zero-order valence-corrected chi connectivity index (χ0v) is 11.7. The number of benzene rings is 1. The zero-order chi connectivity index (χ0) is 14.7. The molecule has 1 N–H and O–H groups in total. The Morgan fingerprint density at radius 3 is 2.80 bits per heavy atom. The molecule has 5 heteroatoms. The van der Waals surface area contributed by atoms with Gasteiger partial charge < -0.3 is 14.5 Å². The Kier molecular flexibility index (Phi) is 4.08. The summed E-state index contributed by atoms with van der Waals surface area (Å²) in [7, 11) is 1.53. The Balaban J connectivity index is 2.43. The Morgan fingerprint density at radius 1 is 1.40 bits per heavy atom. The van der Waals surface area contributed by atoms with Gasteiger partial charge in [-0.25, -0.2) is 4.79 Å². The molecular formula is C15H17NO4. The van der Waals surface area contributed by atoms with Crippen molar-refractivity contribution in [2.24, 2.45) is 0 Å². The number of fused-ring (bicyclic) bond motifs is 1. The molecule has 20 heavy (non-hydrogen) atoms. The van der Waals surface area contributed by atoms with Crippen molar-refractivity contribution in [1.29, 1.82) is 0 Å². The van der Waals surface area contributed by atoms with Crippen LogP contribution in [-0.4, -0.2) is 19.1 Å². The molecule has 0 fully saturated rings. The van der Waals surface area contributed by atoms with E-state index in [1.54, 1.807) is 24.3 Å². The van der Waals surface area contributed by atoms with Crippen molar-refractivity contribution < 1.29 is 13.9 Å². The topological polar surface area (TPSA) is 68.5 Å². The third-order valence-corrected chi connectivity index (χ3v) is 3.18. The second-order valence-corrected chi connectivity index (χ2v) is 4.63. The fourth-order valence-electron chi connectivity index (χ4n) is 1.78. The van der Waals surface area contributed by atoms with E-state index in [0.717, 1.165) is 6.42 Å². The standard InChI is InChI=1S/C15H17NO4/c1-4-9(2)16-14(17)12-7-10-5-6-11(19-3)8-13(10)20-15(12)18/h5-9H,4H2,1-3H3,(H,16,17)/t9-/m1/s1. The molecule has 0 aliphatic heterocycles. The Labute approximate surface area is 116 Å². The van der Waals surface area contributed by atoms with E-state index in [1.807, 2.05) is 13.8 Å². The largest absolute Gasteiger partial charge is 0.497 e. The first-order valence-electron chi connectivity index (χ1n) is 6.48. The second kappa shape index (κ2) is 5.77. The molecule has 0 bridgehead atoms. The van der Waals surface area contributed by atoms with Crippen LogP contribution in [-0.2, 0) is 0 Å². The number of amides is 1. The van der Waals surface area contributed by atoms with Gasteiger partial charge in [-0.15, -0.1) is 0 Å². The van der Waals surface area contributed by atoms with Crippen molar-refractivity contribution in [3.63, 3.8) is 0 Å². The predicted octanol–water partition coefficient (Wildman–Crippen LogP) is 2.33. The molecule has 1 heterocycles. The molecule has 1 amide bonds. The first kappa shape index (κ1) is 14.1. The summed E-state index contributed by atoms with van der Waals surface area (Å²) in [5.74, 6) is 0.184. The molecule has 0 spiro atoms. The number of carbonyl (C=O) groups excluding carboxylic acids is 1. The van der Waals surface area contributed by atoms with Crippen molar-refractivity contribution in [3.8, 4) is 5.75 Å². The van der Waals surface area contributed by atoms with E-state index in [9.17, 15) is 9.59 Å². The van der Waals surface area contributed by atoms with Gasteiger partial charge in [0.25, 0.3) is 5.91 Å². The van der Waals surface area contributed by atoms with Gasteiger partial charge in [0.15, 0.2) is 0 Å². The van der Waals surface area contributed by atoms with Crippen LogP contribution in [0.15, 0.2) is 33.5 Å². The smallest absolute Gasteiger partial charge is 0.349 e. The summed E-state index contributed by atoms with van der Waals surface area (Å²) in [5.41, 5.74) is -0.232. The summed E-state index contributed by atoms with van der Waals surface area (Å²) < 4.78 is 10.2. The number of nitrogens with one attached hydrogen (secondary N) is 1. The highest BCUT2D eigenvalue weighted by Gasteiger charge is 2.15. The quantitative estimate of drug-likeness (QED) is 0.869. The van der Waals surface area contributed by atoms with Crippen LogP contribution in [0.2, 0.25) is 0 Å². The molecule has 5 nitrogen and oxygen atoms in total. The molecule has 106 valence electrons. The van der Waals surface area contributed by atoms with E-state index in [1.165, 1.54) is 7.11 Å². The van der Waals surface area contributed by atoms with Crippen LogP contribution < -0.4 is 15.7 Å². The van der Waals surface area contributed by atoms with Crippen LogP contribution in [0.25, 0.3) is 11.0 Å². The molecule has 1 aromatic heterocycles. The monoisotopic (exact) mass is 275 g/mol. The summed E-state index contributed by atoms with van der Waals surface area (Å²) >= 11 is 0. The second-order valence-electron chi connectivity index (χ2n) is 4.63. The first-order chi connectivity index (χ1) is 9.55. The van der Waals surface area contributed by atoms with E-state index in [0.29, 0.717) is 16.7 Å². The lowest BCUT2D eigenvalue weighted by Gasteiger charge is -2.10. The minimum absolute atomic E-state index is 0.00784. The molecular weight excluding hydrogens is 258 g/mol. The van der Waals surface area contributed by atoms with Gasteiger partial charge in [-0.2, -0.15) is 0 Å². The number of rotatable bonds is 4. The van der Waals surface area contributed by atoms with Gasteiger partial charge in [0, 0.05) is 17.5 Å². The normalized spacial score (nSPS) is 12.2. The van der Waals surface area contributed by atoms with E-state index in [2.05, 4.69) is 5.32 Å². The highest BCUT2D eigenvalue weighted by atomic mass is 16.5. The average Bonchev–Trinajstić information content (AvgIpc) is 2.45. The molecule has 1 aromatic carbocycles. The maximum Gasteiger partial charge on any atom is 0.349 e. The lowest BCUT2D eigenvalue weighted by molar-refractivity contribution is 0.0935. The van der Waals surface area contributed by atoms with Crippen molar-refractivity contribution in [2.45, 2.75) is 26.3 Å². The molecule has 0 aliphatic rings. The van der Waals surface area contributed by atoms with Crippen molar-refractivity contribution >= 4 is 16.9 Å². The number of ether oxygens (including phenoxy) is 1. The molecule has 0 saturated heterocycles. The summed E-state index contributed by atoms with van der Waals surface area (Å²) in [6, 6.07) is 6.66. The highest BCUT2D eigenvalue weighted by molar-refractivity contribution is 5.96. The van der Waals surface area contributed by atoms with Crippen LogP contribution in [0, 0.1) is 0 Å². The number of methoxy groups -OCH3 is 1. The Hall–Kier alpha value is -2.30. The molecule has 0 aliphatic carbocycles. The van der Waals surface area contributed by atoms with Crippen LogP contribution in [0.5, 0.6) is 5.75 Å². The number of hydrogen-bond donors (Lipinski definition) is 1.